The standard InChI is InChI=1S/C19H25NO.C4H6O6/c1-2-10-20-11-9-19-8-4-3-5-16(19)18(20)12-14-6-7-15(21)13-17(14)19;5-1(3(7)8)2(6)4(9)10/h2,6-7,13,16,18,21H,1,3-5,8-12H2;1-2,5-6H,(H,7,8)(H,9,10)/t16-,18-,19-;1-,2+/m1./s1. The van der Waals surface area contributed by atoms with Crippen molar-refractivity contribution in [1.82, 2.24) is 4.90 Å². The normalized spacial score (nSPS) is 28.7. The molecule has 4 rings (SSSR count). The zero-order chi connectivity index (χ0) is 22.8. The lowest BCUT2D eigenvalue weighted by Gasteiger charge is -2.59. The van der Waals surface area contributed by atoms with Crippen molar-refractivity contribution in [2.24, 2.45) is 5.92 Å². The number of phenolic OH excluding ortho intramolecular Hbond substituents is 1. The van der Waals surface area contributed by atoms with Gasteiger partial charge in [-0.1, -0.05) is 25.0 Å². The Morgan fingerprint density at radius 3 is 2.45 bits per heavy atom. The SMILES string of the molecule is C=CCN1CC[C@]23CCCC[C@@H]2[C@H]1Cc1ccc(O)cc13.O=C(O)[C@@H](O)[C@@H](O)C(=O)O. The molecule has 1 saturated heterocycles. The maximum Gasteiger partial charge on any atom is 0.335 e. The molecule has 170 valence electrons. The van der Waals surface area contributed by atoms with Crippen molar-refractivity contribution in [3.8, 4) is 5.75 Å². The largest absolute Gasteiger partial charge is 0.508 e. The Labute approximate surface area is 181 Å². The number of nitrogens with zero attached hydrogens (tertiary/aromatic N) is 1. The minimum atomic E-state index is -2.27. The summed E-state index contributed by atoms with van der Waals surface area (Å²) in [6, 6.07) is 6.79. The first kappa shape index (κ1) is 23.2. The van der Waals surface area contributed by atoms with E-state index in [0.29, 0.717) is 17.2 Å². The first-order valence-corrected chi connectivity index (χ1v) is 10.7. The highest BCUT2D eigenvalue weighted by atomic mass is 16.4. The summed E-state index contributed by atoms with van der Waals surface area (Å²) in [7, 11) is 0. The Kier molecular flexibility index (Phi) is 7.03. The Morgan fingerprint density at radius 1 is 1.16 bits per heavy atom. The first-order chi connectivity index (χ1) is 14.7. The molecular formula is C23H31NO7. The number of aliphatic carboxylic acids is 2. The molecule has 1 saturated carbocycles. The number of hydrogen-bond donors (Lipinski definition) is 5. The number of phenols is 1. The van der Waals surface area contributed by atoms with E-state index in [1.165, 1.54) is 49.8 Å². The third kappa shape index (κ3) is 4.46. The average Bonchev–Trinajstić information content (AvgIpc) is 2.75. The molecule has 31 heavy (non-hydrogen) atoms. The van der Waals surface area contributed by atoms with Crippen LogP contribution in [0.4, 0.5) is 0 Å². The molecule has 8 nitrogen and oxygen atoms in total. The van der Waals surface area contributed by atoms with Crippen LogP contribution in [0.5, 0.6) is 5.75 Å². The monoisotopic (exact) mass is 433 g/mol. The number of piperidine rings is 1. The molecule has 2 fully saturated rings. The van der Waals surface area contributed by atoms with E-state index >= 15 is 0 Å². The molecule has 2 aliphatic carbocycles. The van der Waals surface area contributed by atoms with Gasteiger partial charge >= 0.3 is 11.9 Å². The van der Waals surface area contributed by atoms with Gasteiger partial charge in [0.15, 0.2) is 12.2 Å². The van der Waals surface area contributed by atoms with Crippen molar-refractivity contribution in [3.05, 3.63) is 42.0 Å². The van der Waals surface area contributed by atoms with Crippen LogP contribution in [-0.4, -0.2) is 73.7 Å². The molecule has 0 amide bonds. The maximum absolute atomic E-state index is 9.98. The second-order valence-corrected chi connectivity index (χ2v) is 8.72. The zero-order valence-corrected chi connectivity index (χ0v) is 17.5. The number of hydrogen-bond acceptors (Lipinski definition) is 6. The van der Waals surface area contributed by atoms with Crippen LogP contribution >= 0.6 is 0 Å². The van der Waals surface area contributed by atoms with Gasteiger partial charge in [-0.05, 0) is 61.4 Å². The van der Waals surface area contributed by atoms with Crippen molar-refractivity contribution >= 4 is 11.9 Å². The maximum atomic E-state index is 9.98. The van der Waals surface area contributed by atoms with Crippen LogP contribution in [0.2, 0.25) is 0 Å². The number of carbonyl (C=O) groups is 2. The summed E-state index contributed by atoms with van der Waals surface area (Å²) >= 11 is 0. The highest BCUT2D eigenvalue weighted by molar-refractivity contribution is 5.83. The van der Waals surface area contributed by atoms with E-state index in [1.807, 2.05) is 6.07 Å². The summed E-state index contributed by atoms with van der Waals surface area (Å²) in [6.45, 7) is 6.15. The number of aliphatic hydroxyl groups is 2. The third-order valence-corrected chi connectivity index (χ3v) is 7.10. The Bertz CT molecular complexity index is 823. The Morgan fingerprint density at radius 2 is 1.84 bits per heavy atom. The third-order valence-electron chi connectivity index (χ3n) is 7.10. The summed E-state index contributed by atoms with van der Waals surface area (Å²) in [5.74, 6) is -2.32. The zero-order valence-electron chi connectivity index (χ0n) is 17.5. The molecule has 1 aliphatic heterocycles. The second kappa shape index (κ2) is 9.38. The lowest BCUT2D eigenvalue weighted by atomic mass is 9.52. The van der Waals surface area contributed by atoms with Crippen molar-refractivity contribution in [1.29, 1.82) is 0 Å². The quantitative estimate of drug-likeness (QED) is 0.441. The first-order valence-electron chi connectivity index (χ1n) is 10.7. The minimum absolute atomic E-state index is 0.340. The summed E-state index contributed by atoms with van der Waals surface area (Å²) < 4.78 is 0. The fourth-order valence-corrected chi connectivity index (χ4v) is 5.74. The highest BCUT2D eigenvalue weighted by Gasteiger charge is 2.53. The van der Waals surface area contributed by atoms with Gasteiger partial charge in [0.2, 0.25) is 0 Å². The fourth-order valence-electron chi connectivity index (χ4n) is 5.74. The predicted octanol–water partition coefficient (Wildman–Crippen LogP) is 1.51. The predicted molar refractivity (Wildman–Crippen MR) is 113 cm³/mol. The summed E-state index contributed by atoms with van der Waals surface area (Å²) in [5.41, 5.74) is 3.29. The van der Waals surface area contributed by atoms with Crippen LogP contribution < -0.4 is 0 Å². The Hall–Kier alpha value is -2.42. The van der Waals surface area contributed by atoms with Gasteiger partial charge in [-0.15, -0.1) is 6.58 Å². The van der Waals surface area contributed by atoms with Crippen LogP contribution in [0.25, 0.3) is 0 Å². The van der Waals surface area contributed by atoms with E-state index in [-0.39, 0.29) is 0 Å². The van der Waals surface area contributed by atoms with Crippen molar-refractivity contribution in [2.45, 2.75) is 62.2 Å². The number of aromatic hydroxyl groups is 1. The number of fused-ring (bicyclic) bond motifs is 1. The lowest BCUT2D eigenvalue weighted by Crippen LogP contribution is -2.60. The van der Waals surface area contributed by atoms with Crippen molar-refractivity contribution in [2.75, 3.05) is 13.1 Å². The number of aliphatic hydroxyl groups excluding tert-OH is 2. The van der Waals surface area contributed by atoms with Gasteiger partial charge in [-0.25, -0.2) is 9.59 Å². The number of carboxylic acid groups (broad SMARTS) is 2. The molecule has 1 aromatic carbocycles. The molecule has 8 heteroatoms. The summed E-state index contributed by atoms with van der Waals surface area (Å²) in [5, 5.41) is 42.5. The van der Waals surface area contributed by atoms with Gasteiger partial charge in [-0.3, -0.25) is 4.90 Å². The number of likely N-dealkylation sites (tertiary alicyclic amines) is 1. The molecule has 0 spiro atoms. The molecule has 0 radical (unpaired) electrons. The molecule has 1 heterocycles. The van der Waals surface area contributed by atoms with Crippen LogP contribution in [0.15, 0.2) is 30.9 Å². The molecular weight excluding hydrogens is 402 g/mol. The van der Waals surface area contributed by atoms with Gasteiger partial charge in [0.1, 0.15) is 5.75 Å². The van der Waals surface area contributed by atoms with E-state index in [2.05, 4.69) is 29.7 Å². The van der Waals surface area contributed by atoms with E-state index in [4.69, 9.17) is 20.4 Å². The Balaban J connectivity index is 0.000000233. The molecule has 0 unspecified atom stereocenters. The summed E-state index contributed by atoms with van der Waals surface area (Å²) in [4.78, 5) is 22.2. The van der Waals surface area contributed by atoms with Gasteiger partial charge < -0.3 is 25.5 Å². The van der Waals surface area contributed by atoms with E-state index in [9.17, 15) is 14.7 Å². The second-order valence-electron chi connectivity index (χ2n) is 8.72. The summed E-state index contributed by atoms with van der Waals surface area (Å²) in [6.07, 6.45) is 5.31. The van der Waals surface area contributed by atoms with Gasteiger partial charge in [0.05, 0.1) is 0 Å². The van der Waals surface area contributed by atoms with Crippen LogP contribution in [0, 0.1) is 5.92 Å². The highest BCUT2D eigenvalue weighted by Crippen LogP contribution is 2.56. The lowest BCUT2D eigenvalue weighted by molar-refractivity contribution is -0.165. The molecule has 3 aliphatic rings. The van der Waals surface area contributed by atoms with Crippen LogP contribution in [0.3, 0.4) is 0 Å². The smallest absolute Gasteiger partial charge is 0.335 e. The molecule has 1 aromatic rings. The van der Waals surface area contributed by atoms with Crippen LogP contribution in [-0.2, 0) is 21.4 Å². The van der Waals surface area contributed by atoms with Crippen LogP contribution in [0.1, 0.15) is 43.2 Å². The van der Waals surface area contributed by atoms with E-state index < -0.39 is 24.1 Å². The van der Waals surface area contributed by atoms with Gasteiger partial charge in [-0.2, -0.15) is 0 Å². The molecule has 2 bridgehead atoms. The van der Waals surface area contributed by atoms with E-state index in [1.54, 1.807) is 0 Å². The van der Waals surface area contributed by atoms with Gasteiger partial charge in [0, 0.05) is 18.0 Å². The van der Waals surface area contributed by atoms with Crippen molar-refractivity contribution < 1.29 is 35.1 Å². The topological polar surface area (TPSA) is 139 Å². The van der Waals surface area contributed by atoms with E-state index in [0.717, 1.165) is 18.9 Å². The number of carboxylic acids is 2. The molecule has 5 atom stereocenters. The van der Waals surface area contributed by atoms with Gasteiger partial charge in [0.25, 0.3) is 0 Å². The fraction of sp³-hybridized carbons (Fsp3) is 0.565. The molecule has 0 aromatic heterocycles. The average molecular weight is 434 g/mol. The van der Waals surface area contributed by atoms with Crippen molar-refractivity contribution in [3.63, 3.8) is 0 Å². The minimum Gasteiger partial charge on any atom is -0.508 e. The number of rotatable bonds is 5. The number of benzene rings is 1. The molecule has 5 N–H and O–H groups in total.